The van der Waals surface area contributed by atoms with E-state index in [0.717, 1.165) is 32.2 Å². The average molecular weight is 210 g/mol. The number of allylic oxidation sites excluding steroid dienone is 1. The van der Waals surface area contributed by atoms with Crippen molar-refractivity contribution < 1.29 is 4.79 Å². The monoisotopic (exact) mass is 210 g/mol. The molecule has 0 aromatic rings. The molecule has 0 radical (unpaired) electrons. The van der Waals surface area contributed by atoms with Crippen LogP contribution in [0.15, 0.2) is 11.8 Å². The van der Waals surface area contributed by atoms with Crippen LogP contribution >= 0.6 is 0 Å². The van der Waals surface area contributed by atoms with Gasteiger partial charge in [0.2, 0.25) is 0 Å². The molecule has 1 aliphatic carbocycles. The first-order chi connectivity index (χ1) is 7.24. The van der Waals surface area contributed by atoms with Gasteiger partial charge in [0.05, 0.1) is 0 Å². The van der Waals surface area contributed by atoms with E-state index in [1.807, 2.05) is 13.2 Å². The summed E-state index contributed by atoms with van der Waals surface area (Å²) >= 11 is 0. The van der Waals surface area contributed by atoms with E-state index in [-0.39, 0.29) is 6.03 Å². The van der Waals surface area contributed by atoms with Crippen molar-refractivity contribution >= 4 is 6.03 Å². The lowest BCUT2D eigenvalue weighted by Gasteiger charge is -2.16. The van der Waals surface area contributed by atoms with Gasteiger partial charge >= 0.3 is 6.03 Å². The number of hydrogen-bond acceptors (Lipinski definition) is 1. The molecule has 1 saturated carbocycles. The molecule has 0 aromatic heterocycles. The van der Waals surface area contributed by atoms with Crippen LogP contribution in [0.25, 0.3) is 0 Å². The van der Waals surface area contributed by atoms with Crippen LogP contribution in [0.4, 0.5) is 4.79 Å². The summed E-state index contributed by atoms with van der Waals surface area (Å²) in [6, 6.07) is 0.0165. The summed E-state index contributed by atoms with van der Waals surface area (Å²) < 4.78 is 0. The third-order valence-corrected chi connectivity index (χ3v) is 2.84. The molecule has 86 valence electrons. The SMILES string of the molecule is CCCCN(C)C(=O)NC=C1CCCC1. The predicted octanol–water partition coefficient (Wildman–Crippen LogP) is 2.89. The lowest BCUT2D eigenvalue weighted by Crippen LogP contribution is -2.35. The van der Waals surface area contributed by atoms with Crippen LogP contribution in [0, 0.1) is 0 Å². The molecule has 1 fully saturated rings. The fourth-order valence-corrected chi connectivity index (χ4v) is 1.74. The summed E-state index contributed by atoms with van der Waals surface area (Å²) in [7, 11) is 1.85. The van der Waals surface area contributed by atoms with Crippen molar-refractivity contribution in [3.05, 3.63) is 11.8 Å². The van der Waals surface area contributed by atoms with Gasteiger partial charge < -0.3 is 10.2 Å². The van der Waals surface area contributed by atoms with Crippen molar-refractivity contribution in [2.45, 2.75) is 45.4 Å². The minimum atomic E-state index is 0.0165. The minimum absolute atomic E-state index is 0.0165. The van der Waals surface area contributed by atoms with Crippen molar-refractivity contribution in [1.29, 1.82) is 0 Å². The number of rotatable bonds is 4. The Morgan fingerprint density at radius 3 is 2.73 bits per heavy atom. The number of urea groups is 1. The molecule has 3 nitrogen and oxygen atoms in total. The number of amides is 2. The molecule has 15 heavy (non-hydrogen) atoms. The van der Waals surface area contributed by atoms with Gasteiger partial charge in [-0.1, -0.05) is 18.9 Å². The van der Waals surface area contributed by atoms with Gasteiger partial charge in [-0.3, -0.25) is 0 Å². The lowest BCUT2D eigenvalue weighted by atomic mass is 10.2. The highest BCUT2D eigenvalue weighted by Crippen LogP contribution is 2.22. The van der Waals surface area contributed by atoms with Gasteiger partial charge in [0, 0.05) is 19.8 Å². The summed E-state index contributed by atoms with van der Waals surface area (Å²) in [4.78, 5) is 13.3. The number of nitrogens with zero attached hydrogens (tertiary/aromatic N) is 1. The highest BCUT2D eigenvalue weighted by atomic mass is 16.2. The zero-order valence-electron chi connectivity index (χ0n) is 9.88. The Labute approximate surface area is 92.5 Å². The summed E-state index contributed by atoms with van der Waals surface area (Å²) in [6.45, 7) is 2.97. The summed E-state index contributed by atoms with van der Waals surface area (Å²) in [5.74, 6) is 0. The van der Waals surface area contributed by atoms with Crippen molar-refractivity contribution in [2.24, 2.45) is 0 Å². The topological polar surface area (TPSA) is 32.3 Å². The second kappa shape index (κ2) is 6.49. The number of carbonyl (C=O) groups excluding carboxylic acids is 1. The third-order valence-electron chi connectivity index (χ3n) is 2.84. The fourth-order valence-electron chi connectivity index (χ4n) is 1.74. The zero-order valence-corrected chi connectivity index (χ0v) is 9.88. The molecule has 1 rings (SSSR count). The molecule has 0 saturated heterocycles. The quantitative estimate of drug-likeness (QED) is 0.760. The molecule has 2 amide bonds. The number of carbonyl (C=O) groups is 1. The maximum absolute atomic E-state index is 11.6. The van der Waals surface area contributed by atoms with Crippen LogP contribution in [-0.4, -0.2) is 24.5 Å². The summed E-state index contributed by atoms with van der Waals surface area (Å²) in [5.41, 5.74) is 1.38. The van der Waals surface area contributed by atoms with Gasteiger partial charge in [0.1, 0.15) is 0 Å². The predicted molar refractivity (Wildman–Crippen MR) is 62.6 cm³/mol. The second-order valence-electron chi connectivity index (χ2n) is 4.23. The second-order valence-corrected chi connectivity index (χ2v) is 4.23. The Bertz CT molecular complexity index is 228. The van der Waals surface area contributed by atoms with E-state index >= 15 is 0 Å². The van der Waals surface area contributed by atoms with Crippen molar-refractivity contribution in [1.82, 2.24) is 10.2 Å². The molecule has 3 heteroatoms. The Hall–Kier alpha value is -0.990. The molecule has 0 heterocycles. The van der Waals surface area contributed by atoms with E-state index in [9.17, 15) is 4.79 Å². The van der Waals surface area contributed by atoms with Gasteiger partial charge in [0.15, 0.2) is 0 Å². The molecular formula is C12H22N2O. The smallest absolute Gasteiger partial charge is 0.321 e. The van der Waals surface area contributed by atoms with Crippen molar-refractivity contribution in [3.8, 4) is 0 Å². The molecule has 0 spiro atoms. The van der Waals surface area contributed by atoms with Gasteiger partial charge in [-0.05, 0) is 32.1 Å². The van der Waals surface area contributed by atoms with Crippen LogP contribution in [0.5, 0.6) is 0 Å². The van der Waals surface area contributed by atoms with Crippen LogP contribution in [0.3, 0.4) is 0 Å². The number of unbranched alkanes of at least 4 members (excludes halogenated alkanes) is 1. The molecular weight excluding hydrogens is 188 g/mol. The van der Waals surface area contributed by atoms with E-state index in [0.29, 0.717) is 0 Å². The molecule has 0 unspecified atom stereocenters. The lowest BCUT2D eigenvalue weighted by molar-refractivity contribution is 0.212. The van der Waals surface area contributed by atoms with Crippen LogP contribution in [-0.2, 0) is 0 Å². The zero-order chi connectivity index (χ0) is 11.1. The highest BCUT2D eigenvalue weighted by Gasteiger charge is 2.08. The molecule has 0 bridgehead atoms. The molecule has 0 atom stereocenters. The minimum Gasteiger partial charge on any atom is -0.328 e. The van der Waals surface area contributed by atoms with E-state index in [2.05, 4.69) is 12.2 Å². The number of hydrogen-bond donors (Lipinski definition) is 1. The Morgan fingerprint density at radius 2 is 2.13 bits per heavy atom. The van der Waals surface area contributed by atoms with Gasteiger partial charge in [0.25, 0.3) is 0 Å². The Kier molecular flexibility index (Phi) is 5.22. The first-order valence-corrected chi connectivity index (χ1v) is 5.93. The first kappa shape index (κ1) is 12.1. The van der Waals surface area contributed by atoms with Crippen molar-refractivity contribution in [2.75, 3.05) is 13.6 Å². The fraction of sp³-hybridized carbons (Fsp3) is 0.750. The normalized spacial score (nSPS) is 15.2. The van der Waals surface area contributed by atoms with Gasteiger partial charge in [-0.15, -0.1) is 0 Å². The van der Waals surface area contributed by atoms with Crippen LogP contribution < -0.4 is 5.32 Å². The summed E-state index contributed by atoms with van der Waals surface area (Å²) in [5, 5.41) is 2.86. The number of nitrogens with one attached hydrogen (secondary N) is 1. The Morgan fingerprint density at radius 1 is 1.47 bits per heavy atom. The largest absolute Gasteiger partial charge is 0.328 e. The van der Waals surface area contributed by atoms with Crippen molar-refractivity contribution in [3.63, 3.8) is 0 Å². The Balaban J connectivity index is 2.25. The van der Waals surface area contributed by atoms with Crippen LogP contribution in [0.1, 0.15) is 45.4 Å². The highest BCUT2D eigenvalue weighted by molar-refractivity contribution is 5.74. The van der Waals surface area contributed by atoms with Gasteiger partial charge in [-0.2, -0.15) is 0 Å². The molecule has 1 N–H and O–H groups in total. The maximum Gasteiger partial charge on any atom is 0.321 e. The average Bonchev–Trinajstić information content (AvgIpc) is 2.75. The van der Waals surface area contributed by atoms with E-state index in [4.69, 9.17) is 0 Å². The molecule has 1 aliphatic rings. The summed E-state index contributed by atoms with van der Waals surface area (Å²) in [6.07, 6.45) is 8.94. The van der Waals surface area contributed by atoms with Gasteiger partial charge in [-0.25, -0.2) is 4.79 Å². The first-order valence-electron chi connectivity index (χ1n) is 5.93. The van der Waals surface area contributed by atoms with E-state index < -0.39 is 0 Å². The third kappa shape index (κ3) is 4.36. The molecule has 0 aromatic carbocycles. The standard InChI is InChI=1S/C12H22N2O/c1-3-4-9-14(2)12(15)13-10-11-7-5-6-8-11/h10H,3-9H2,1-2H3,(H,13,15). The molecule has 0 aliphatic heterocycles. The van der Waals surface area contributed by atoms with Crippen LogP contribution in [0.2, 0.25) is 0 Å². The van der Waals surface area contributed by atoms with E-state index in [1.165, 1.54) is 18.4 Å². The van der Waals surface area contributed by atoms with E-state index in [1.54, 1.807) is 4.90 Å². The maximum atomic E-state index is 11.6.